The normalized spacial score (nSPS) is 33.6. The summed E-state index contributed by atoms with van der Waals surface area (Å²) in [7, 11) is 0. The van der Waals surface area contributed by atoms with Crippen LogP contribution in [0.5, 0.6) is 0 Å². The second-order valence-corrected chi connectivity index (χ2v) is 15.5. The molecule has 58 heavy (non-hydrogen) atoms. The zero-order valence-electron chi connectivity index (χ0n) is 34.9. The lowest BCUT2D eigenvalue weighted by molar-refractivity contribution is -0.363. The first-order chi connectivity index (χ1) is 27.7. The maximum Gasteiger partial charge on any atom is 0.333 e. The Morgan fingerprint density at radius 1 is 0.845 bits per heavy atom. The number of hydrogen-bond acceptors (Lipinski definition) is 14. The second-order valence-electron chi connectivity index (χ2n) is 15.5. The van der Waals surface area contributed by atoms with Crippen LogP contribution in [0.1, 0.15) is 112 Å². The van der Waals surface area contributed by atoms with E-state index in [4.69, 9.17) is 37.9 Å². The number of aliphatic hydroxyl groups excluding tert-OH is 1. The van der Waals surface area contributed by atoms with Gasteiger partial charge in [0.05, 0.1) is 18.6 Å². The van der Waals surface area contributed by atoms with Gasteiger partial charge in [0.1, 0.15) is 36.8 Å². The summed E-state index contributed by atoms with van der Waals surface area (Å²) in [5.41, 5.74) is 0.922. The summed E-state index contributed by atoms with van der Waals surface area (Å²) < 4.78 is 48.9. The highest BCUT2D eigenvalue weighted by molar-refractivity contribution is 5.88. The number of esters is 4. The fourth-order valence-electron chi connectivity index (χ4n) is 7.40. The minimum atomic E-state index is -1.76. The quantitative estimate of drug-likeness (QED) is 0.185. The number of ketones is 1. The number of carbonyl (C=O) groups is 5. The molecular formula is C44H62O14. The molecule has 1 N–H and O–H groups in total. The van der Waals surface area contributed by atoms with Gasteiger partial charge in [0.15, 0.2) is 24.8 Å². The lowest BCUT2D eigenvalue weighted by Gasteiger charge is -2.48. The molecular weight excluding hydrogens is 752 g/mol. The lowest BCUT2D eigenvalue weighted by Crippen LogP contribution is -2.64. The smallest absolute Gasteiger partial charge is 0.333 e. The van der Waals surface area contributed by atoms with Crippen LogP contribution in [0.4, 0.5) is 0 Å². The number of fused-ring (bicyclic) bond motifs is 3. The maximum atomic E-state index is 13.4. The van der Waals surface area contributed by atoms with Crippen molar-refractivity contribution in [2.45, 2.75) is 168 Å². The van der Waals surface area contributed by atoms with E-state index in [2.05, 4.69) is 6.92 Å². The average molecular weight is 815 g/mol. The monoisotopic (exact) mass is 814 g/mol. The Morgan fingerprint density at radius 2 is 1.57 bits per heavy atom. The van der Waals surface area contributed by atoms with E-state index < -0.39 is 91.7 Å². The van der Waals surface area contributed by atoms with Crippen molar-refractivity contribution < 1.29 is 67.0 Å². The largest absolute Gasteiger partial charge is 0.463 e. The molecule has 0 amide bonds. The highest BCUT2D eigenvalue weighted by Crippen LogP contribution is 2.37. The maximum absolute atomic E-state index is 13.4. The van der Waals surface area contributed by atoms with Crippen molar-refractivity contribution in [2.75, 3.05) is 6.61 Å². The van der Waals surface area contributed by atoms with Gasteiger partial charge in [-0.3, -0.25) is 14.4 Å². The third-order valence-corrected chi connectivity index (χ3v) is 10.9. The van der Waals surface area contributed by atoms with Crippen molar-refractivity contribution >= 4 is 35.7 Å². The predicted molar refractivity (Wildman–Crippen MR) is 210 cm³/mol. The van der Waals surface area contributed by atoms with Crippen molar-refractivity contribution in [1.82, 2.24) is 0 Å². The van der Waals surface area contributed by atoms with Crippen molar-refractivity contribution in [2.24, 2.45) is 11.8 Å². The van der Waals surface area contributed by atoms with Gasteiger partial charge in [-0.2, -0.15) is 0 Å². The summed E-state index contributed by atoms with van der Waals surface area (Å²) in [4.78, 5) is 65.0. The molecule has 11 unspecified atom stereocenters. The van der Waals surface area contributed by atoms with Crippen LogP contribution in [-0.2, 0) is 61.9 Å². The molecule has 14 nitrogen and oxygen atoms in total. The van der Waals surface area contributed by atoms with Crippen LogP contribution in [0.15, 0.2) is 48.1 Å². The molecule has 1 aromatic carbocycles. The number of rotatable bonds is 8. The number of ether oxygens (including phenoxy) is 8. The first kappa shape index (κ1) is 46.7. The SMILES string of the molecule is C/C=C(\C)C(=O)OC1C(O)C2OC(COC(=O)CCC(=O)[C@@H](C)CCCCCC(CCC)OC3OC(C)C(OC(C)=O)C(C)C3O2)C1OC(=O)/C=C/c1ccccc1. The van der Waals surface area contributed by atoms with Crippen LogP contribution < -0.4 is 0 Å². The third kappa shape index (κ3) is 13.6. The molecule has 12 atom stereocenters. The molecule has 3 saturated heterocycles. The van der Waals surface area contributed by atoms with Gasteiger partial charge in [-0.25, -0.2) is 9.59 Å². The van der Waals surface area contributed by atoms with Crippen molar-refractivity contribution in [3.05, 3.63) is 53.6 Å². The molecule has 0 spiro atoms. The summed E-state index contributed by atoms with van der Waals surface area (Å²) in [6, 6.07) is 9.00. The molecule has 3 heterocycles. The van der Waals surface area contributed by atoms with E-state index in [1.807, 2.05) is 19.9 Å². The Labute approximate surface area is 341 Å². The van der Waals surface area contributed by atoms with Crippen LogP contribution in [-0.4, -0.2) is 103 Å². The van der Waals surface area contributed by atoms with Gasteiger partial charge in [0.2, 0.25) is 0 Å². The topological polar surface area (TPSA) is 179 Å². The molecule has 0 radical (unpaired) electrons. The molecule has 3 aliphatic rings. The zero-order chi connectivity index (χ0) is 42.4. The van der Waals surface area contributed by atoms with Gasteiger partial charge in [-0.15, -0.1) is 0 Å². The van der Waals surface area contributed by atoms with Gasteiger partial charge in [0.25, 0.3) is 0 Å². The molecule has 4 rings (SSSR count). The van der Waals surface area contributed by atoms with Crippen molar-refractivity contribution in [3.8, 4) is 0 Å². The minimum absolute atomic E-state index is 0.0170. The first-order valence-corrected chi connectivity index (χ1v) is 20.6. The van der Waals surface area contributed by atoms with Gasteiger partial charge >= 0.3 is 23.9 Å². The predicted octanol–water partition coefficient (Wildman–Crippen LogP) is 5.95. The lowest BCUT2D eigenvalue weighted by atomic mass is 9.90. The Hall–Kier alpha value is -3.95. The highest BCUT2D eigenvalue weighted by Gasteiger charge is 2.54. The molecule has 2 bridgehead atoms. The Bertz CT molecular complexity index is 1570. The van der Waals surface area contributed by atoms with Gasteiger partial charge in [0, 0.05) is 36.8 Å². The van der Waals surface area contributed by atoms with Crippen molar-refractivity contribution in [1.29, 1.82) is 0 Å². The van der Waals surface area contributed by atoms with E-state index in [9.17, 15) is 29.1 Å². The molecule has 3 aliphatic heterocycles. The number of benzene rings is 1. The molecule has 322 valence electrons. The summed E-state index contributed by atoms with van der Waals surface area (Å²) in [6.45, 7) is 11.5. The first-order valence-electron chi connectivity index (χ1n) is 20.6. The van der Waals surface area contributed by atoms with E-state index in [0.717, 1.165) is 32.1 Å². The van der Waals surface area contributed by atoms with Crippen LogP contribution in [0, 0.1) is 11.8 Å². The van der Waals surface area contributed by atoms with E-state index in [-0.39, 0.29) is 36.2 Å². The number of cyclic esters (lactones) is 1. The molecule has 0 aromatic heterocycles. The molecule has 0 saturated carbocycles. The molecule has 0 aliphatic carbocycles. The van der Waals surface area contributed by atoms with Gasteiger partial charge < -0.3 is 43.0 Å². The number of allylic oxidation sites excluding steroid dienone is 1. The minimum Gasteiger partial charge on any atom is -0.463 e. The van der Waals surface area contributed by atoms with Gasteiger partial charge in [-0.05, 0) is 51.7 Å². The van der Waals surface area contributed by atoms with Crippen molar-refractivity contribution in [3.63, 3.8) is 0 Å². The van der Waals surface area contributed by atoms with E-state index >= 15 is 0 Å². The average Bonchev–Trinajstić information content (AvgIpc) is 3.20. The Morgan fingerprint density at radius 3 is 2.26 bits per heavy atom. The van der Waals surface area contributed by atoms with Crippen LogP contribution in [0.3, 0.4) is 0 Å². The second kappa shape index (κ2) is 23.0. The number of hydrogen-bond donors (Lipinski definition) is 1. The van der Waals surface area contributed by atoms with Crippen LogP contribution in [0.2, 0.25) is 0 Å². The highest BCUT2D eigenvalue weighted by atomic mass is 16.8. The summed E-state index contributed by atoms with van der Waals surface area (Å²) >= 11 is 0. The van der Waals surface area contributed by atoms with Gasteiger partial charge in [-0.1, -0.05) is 82.9 Å². The summed E-state index contributed by atoms with van der Waals surface area (Å²) in [5, 5.41) is 12.0. The number of Topliss-reactive ketones (excluding diaryl/α,β-unsaturated/α-hetero) is 1. The Balaban J connectivity index is 1.75. The number of aliphatic hydroxyl groups is 1. The standard InChI is InChI=1S/C44H62O14/c1-8-16-32-20-15-10-12-17-27(4)33(46)22-24-35(47)51-25-34-40(56-36(48)23-21-31-18-13-11-14-19-31)41(57-42(50)26(3)9-2)37(49)43(55-34)58-39-28(5)38(53-30(7)45)29(6)52-44(39)54-32/h9,11,13-14,18-19,21,23,27-29,32,34,37-41,43-44,49H,8,10,12,15-17,20,22,24-25H2,1-7H3/b23-21+,26-9+/t27-,28?,29?,32?,34?,37?,38?,39?,40?,41?,43?,44?/m0/s1. The fraction of sp³-hybridized carbons (Fsp3) is 0.659. The van der Waals surface area contributed by atoms with Crippen LogP contribution >= 0.6 is 0 Å². The Kier molecular flexibility index (Phi) is 18.5. The molecule has 14 heteroatoms. The van der Waals surface area contributed by atoms with E-state index in [0.29, 0.717) is 18.4 Å². The van der Waals surface area contributed by atoms with E-state index in [1.165, 1.54) is 32.1 Å². The van der Waals surface area contributed by atoms with Crippen LogP contribution in [0.25, 0.3) is 6.08 Å². The number of carbonyl (C=O) groups excluding carboxylic acids is 5. The molecule has 3 fully saturated rings. The zero-order valence-corrected chi connectivity index (χ0v) is 34.9. The third-order valence-electron chi connectivity index (χ3n) is 10.9. The molecule has 1 aromatic rings. The summed E-state index contributed by atoms with van der Waals surface area (Å²) in [6.07, 6.45) is -1.86. The summed E-state index contributed by atoms with van der Waals surface area (Å²) in [5.74, 6) is -3.73. The van der Waals surface area contributed by atoms with E-state index in [1.54, 1.807) is 38.1 Å². The fourth-order valence-corrected chi connectivity index (χ4v) is 7.40.